The number of carbonyl (C=O) groups is 1. The SMILES string of the molecule is CCCCCCCCCCCCCCCCCCCCC(=O)N[C@@H](COP(=O)(O)OCC[N+](C)(C)C)[C@H](O)/C=C/CCCCCCCCCC(C)C. The summed E-state index contributed by atoms with van der Waals surface area (Å²) in [4.78, 5) is 23.1. The van der Waals surface area contributed by atoms with Crippen molar-refractivity contribution in [2.24, 2.45) is 5.92 Å². The zero-order valence-electron chi connectivity index (χ0n) is 35.2. The summed E-state index contributed by atoms with van der Waals surface area (Å²) in [6.07, 6.45) is 37.1. The number of amides is 1. The van der Waals surface area contributed by atoms with Crippen molar-refractivity contribution in [2.75, 3.05) is 40.9 Å². The normalized spacial score (nSPS) is 14.6. The number of nitrogens with one attached hydrogen (secondary N) is 1. The Balaban J connectivity index is 4.36. The Kier molecular flexibility index (Phi) is 34.2. The number of nitrogens with zero attached hydrogens (tertiary/aromatic N) is 1. The van der Waals surface area contributed by atoms with E-state index >= 15 is 0 Å². The lowest BCUT2D eigenvalue weighted by Crippen LogP contribution is -2.45. The third-order valence-electron chi connectivity index (χ3n) is 9.94. The molecule has 0 rings (SSSR count). The molecule has 0 bridgehead atoms. The summed E-state index contributed by atoms with van der Waals surface area (Å²) in [5.41, 5.74) is 0. The number of quaternary nitrogens is 1. The van der Waals surface area contributed by atoms with Crippen LogP contribution in [0.5, 0.6) is 0 Å². The highest BCUT2D eigenvalue weighted by Gasteiger charge is 2.27. The molecule has 310 valence electrons. The summed E-state index contributed by atoms with van der Waals surface area (Å²) in [5, 5.41) is 13.8. The molecule has 0 radical (unpaired) electrons. The lowest BCUT2D eigenvalue weighted by molar-refractivity contribution is -0.870. The highest BCUT2D eigenvalue weighted by atomic mass is 31.2. The van der Waals surface area contributed by atoms with Gasteiger partial charge in [-0.1, -0.05) is 187 Å². The zero-order chi connectivity index (χ0) is 38.8. The van der Waals surface area contributed by atoms with Crippen LogP contribution in [0.2, 0.25) is 0 Å². The Morgan fingerprint density at radius 3 is 1.60 bits per heavy atom. The summed E-state index contributed by atoms with van der Waals surface area (Å²) in [6.45, 7) is 7.13. The molecular formula is C43H88N2O6P+. The fourth-order valence-corrected chi connectivity index (χ4v) is 7.14. The Labute approximate surface area is 322 Å². The van der Waals surface area contributed by atoms with E-state index in [-0.39, 0.29) is 19.1 Å². The van der Waals surface area contributed by atoms with Gasteiger partial charge in [-0.3, -0.25) is 13.8 Å². The summed E-state index contributed by atoms with van der Waals surface area (Å²) in [5.74, 6) is 0.615. The molecule has 0 aromatic heterocycles. The van der Waals surface area contributed by atoms with E-state index in [0.717, 1.165) is 44.4 Å². The molecule has 0 saturated heterocycles. The second-order valence-electron chi connectivity index (χ2n) is 16.9. The third-order valence-corrected chi connectivity index (χ3v) is 10.9. The van der Waals surface area contributed by atoms with Gasteiger partial charge in [0.2, 0.25) is 5.91 Å². The maximum absolute atomic E-state index is 12.8. The second kappa shape index (κ2) is 34.7. The van der Waals surface area contributed by atoms with Gasteiger partial charge in [0, 0.05) is 6.42 Å². The Bertz CT molecular complexity index is 878. The predicted octanol–water partition coefficient (Wildman–Crippen LogP) is 11.8. The molecule has 0 aliphatic carbocycles. The molecule has 0 saturated carbocycles. The fraction of sp³-hybridized carbons (Fsp3) is 0.930. The first kappa shape index (κ1) is 51.2. The molecule has 0 aromatic rings. The average molecular weight is 760 g/mol. The van der Waals surface area contributed by atoms with Crippen molar-refractivity contribution in [3.8, 4) is 0 Å². The van der Waals surface area contributed by atoms with Crippen molar-refractivity contribution in [1.82, 2.24) is 5.32 Å². The first-order valence-electron chi connectivity index (χ1n) is 21.9. The van der Waals surface area contributed by atoms with Gasteiger partial charge in [0.25, 0.3) is 0 Å². The number of phosphoric acid groups is 1. The Morgan fingerprint density at radius 2 is 1.13 bits per heavy atom. The van der Waals surface area contributed by atoms with Crippen molar-refractivity contribution in [3.05, 3.63) is 12.2 Å². The van der Waals surface area contributed by atoms with Gasteiger partial charge >= 0.3 is 7.82 Å². The number of aliphatic hydroxyl groups is 1. The first-order valence-corrected chi connectivity index (χ1v) is 23.4. The summed E-state index contributed by atoms with van der Waals surface area (Å²) >= 11 is 0. The summed E-state index contributed by atoms with van der Waals surface area (Å²) < 4.78 is 23.5. The van der Waals surface area contributed by atoms with Crippen molar-refractivity contribution < 1.29 is 32.9 Å². The van der Waals surface area contributed by atoms with Gasteiger partial charge in [0.1, 0.15) is 13.2 Å². The molecule has 0 aliphatic rings. The van der Waals surface area contributed by atoms with Gasteiger partial charge in [-0.15, -0.1) is 0 Å². The molecule has 1 amide bonds. The third kappa shape index (κ3) is 37.6. The van der Waals surface area contributed by atoms with Crippen LogP contribution in [-0.4, -0.2) is 73.4 Å². The van der Waals surface area contributed by atoms with E-state index in [0.29, 0.717) is 17.4 Å². The van der Waals surface area contributed by atoms with Crippen LogP contribution in [0.3, 0.4) is 0 Å². The Hall–Kier alpha value is -0.760. The minimum atomic E-state index is -4.33. The molecule has 0 heterocycles. The van der Waals surface area contributed by atoms with Crippen LogP contribution in [0.1, 0.15) is 201 Å². The number of rotatable bonds is 39. The van der Waals surface area contributed by atoms with Crippen LogP contribution in [0.4, 0.5) is 0 Å². The molecule has 3 N–H and O–H groups in total. The number of phosphoric ester groups is 1. The van der Waals surface area contributed by atoms with Crippen molar-refractivity contribution >= 4 is 13.7 Å². The van der Waals surface area contributed by atoms with Crippen molar-refractivity contribution in [2.45, 2.75) is 213 Å². The number of allylic oxidation sites excluding steroid dienone is 1. The monoisotopic (exact) mass is 760 g/mol. The molecule has 9 heteroatoms. The molecule has 3 atom stereocenters. The van der Waals surface area contributed by atoms with E-state index < -0.39 is 20.0 Å². The topological polar surface area (TPSA) is 105 Å². The average Bonchev–Trinajstić information content (AvgIpc) is 3.07. The first-order chi connectivity index (χ1) is 24.9. The molecule has 0 fully saturated rings. The maximum Gasteiger partial charge on any atom is 0.472 e. The quantitative estimate of drug-likeness (QED) is 0.0249. The van der Waals surface area contributed by atoms with Gasteiger partial charge in [-0.2, -0.15) is 0 Å². The van der Waals surface area contributed by atoms with Gasteiger partial charge in [-0.25, -0.2) is 4.57 Å². The van der Waals surface area contributed by atoms with Crippen LogP contribution in [-0.2, 0) is 18.4 Å². The maximum atomic E-state index is 12.8. The molecular weight excluding hydrogens is 671 g/mol. The van der Waals surface area contributed by atoms with E-state index in [1.54, 1.807) is 6.08 Å². The molecule has 0 aromatic carbocycles. The molecule has 8 nitrogen and oxygen atoms in total. The minimum absolute atomic E-state index is 0.0636. The van der Waals surface area contributed by atoms with Crippen LogP contribution in [0, 0.1) is 5.92 Å². The lowest BCUT2D eigenvalue weighted by atomic mass is 10.0. The fourth-order valence-electron chi connectivity index (χ4n) is 6.40. The smallest absolute Gasteiger partial charge is 0.387 e. The van der Waals surface area contributed by atoms with Crippen LogP contribution < -0.4 is 5.32 Å². The molecule has 1 unspecified atom stereocenters. The standard InChI is InChI=1S/C43H87N2O6P/c1-7-8-9-10-11-12-13-14-15-16-17-18-19-20-24-27-30-33-36-43(47)44-41(39-51-52(48,49)50-38-37-45(4,5)6)42(46)35-32-29-26-23-21-22-25-28-31-34-40(2)3/h32,35,40-42,46H,7-31,33-34,36-39H2,1-6H3,(H-,44,47,48,49)/p+1/b35-32+/t41-,42+/m0/s1. The highest BCUT2D eigenvalue weighted by Crippen LogP contribution is 2.43. The van der Waals surface area contributed by atoms with Gasteiger partial charge in [0.15, 0.2) is 0 Å². The molecule has 0 spiro atoms. The second-order valence-corrected chi connectivity index (χ2v) is 18.4. The van der Waals surface area contributed by atoms with Crippen molar-refractivity contribution in [1.29, 1.82) is 0 Å². The van der Waals surface area contributed by atoms with Crippen molar-refractivity contribution in [3.63, 3.8) is 0 Å². The van der Waals surface area contributed by atoms with Gasteiger partial charge in [-0.05, 0) is 25.2 Å². The highest BCUT2D eigenvalue weighted by molar-refractivity contribution is 7.47. The summed E-state index contributed by atoms with van der Waals surface area (Å²) in [7, 11) is 1.58. The predicted molar refractivity (Wildman–Crippen MR) is 221 cm³/mol. The van der Waals surface area contributed by atoms with E-state index in [1.807, 2.05) is 27.2 Å². The van der Waals surface area contributed by atoms with Crippen LogP contribution in [0.25, 0.3) is 0 Å². The number of hydrogen-bond acceptors (Lipinski definition) is 5. The Morgan fingerprint density at radius 1 is 0.692 bits per heavy atom. The zero-order valence-corrected chi connectivity index (χ0v) is 36.1. The number of unbranched alkanes of at least 4 members (excludes halogenated alkanes) is 24. The van der Waals surface area contributed by atoms with E-state index in [4.69, 9.17) is 9.05 Å². The van der Waals surface area contributed by atoms with Gasteiger partial charge < -0.3 is 19.8 Å². The number of carbonyl (C=O) groups excluding carboxylic acids is 1. The lowest BCUT2D eigenvalue weighted by Gasteiger charge is -2.25. The van der Waals surface area contributed by atoms with E-state index in [1.165, 1.54) is 135 Å². The number of hydrogen-bond donors (Lipinski definition) is 3. The van der Waals surface area contributed by atoms with E-state index in [2.05, 4.69) is 26.1 Å². The molecule has 52 heavy (non-hydrogen) atoms. The number of aliphatic hydroxyl groups excluding tert-OH is 1. The largest absolute Gasteiger partial charge is 0.472 e. The minimum Gasteiger partial charge on any atom is -0.387 e. The number of likely N-dealkylation sites (N-methyl/N-ethyl adjacent to an activating group) is 1. The van der Waals surface area contributed by atoms with Gasteiger partial charge in [0.05, 0.1) is 39.9 Å². The van der Waals surface area contributed by atoms with Crippen LogP contribution >= 0.6 is 7.82 Å². The summed E-state index contributed by atoms with van der Waals surface area (Å²) in [6, 6.07) is -0.840. The van der Waals surface area contributed by atoms with Crippen LogP contribution in [0.15, 0.2) is 12.2 Å². The van der Waals surface area contributed by atoms with E-state index in [9.17, 15) is 19.4 Å². The molecule has 0 aliphatic heterocycles.